The number of piperazine rings is 1. The van der Waals surface area contributed by atoms with Crippen molar-refractivity contribution in [2.75, 3.05) is 55.4 Å². The van der Waals surface area contributed by atoms with Gasteiger partial charge in [0.05, 0.1) is 0 Å². The average Bonchev–Trinajstić information content (AvgIpc) is 2.82. The number of anilines is 3. The number of nitrogens with zero attached hydrogens (tertiary/aromatic N) is 5. The van der Waals surface area contributed by atoms with Crippen LogP contribution >= 0.6 is 0 Å². The largest absolute Gasteiger partial charge is 0.367 e. The predicted octanol–water partition coefficient (Wildman–Crippen LogP) is 5.13. The van der Waals surface area contributed by atoms with Crippen LogP contribution in [-0.2, 0) is 6.54 Å². The standard InChI is InChI=1S/C28H44N6/c1-21(2)28(4)13-12-22(3)18-24(28)29-25-19-26(32(5)6)31-27(30-25)34-16-14-33(15-17-34)20-23-10-8-7-9-11-23/h7-11,19,21-22,24H,12-18,20H2,1-6H3,(H,29,30,31)/t22?,24-,28+/m0/s1. The Hall–Kier alpha value is -2.34. The molecule has 0 bridgehead atoms. The van der Waals surface area contributed by atoms with Gasteiger partial charge >= 0.3 is 0 Å². The Morgan fingerprint density at radius 3 is 2.44 bits per heavy atom. The number of aromatic nitrogens is 2. The first-order valence-electron chi connectivity index (χ1n) is 13.1. The molecule has 1 aromatic heterocycles. The van der Waals surface area contributed by atoms with E-state index in [1.54, 1.807) is 0 Å². The molecule has 1 aliphatic carbocycles. The van der Waals surface area contributed by atoms with Crippen LogP contribution in [0.5, 0.6) is 0 Å². The van der Waals surface area contributed by atoms with Gasteiger partial charge in [0.2, 0.25) is 5.95 Å². The number of benzene rings is 1. The molecule has 1 saturated carbocycles. The van der Waals surface area contributed by atoms with Gasteiger partial charge in [-0.25, -0.2) is 0 Å². The van der Waals surface area contributed by atoms with Crippen molar-refractivity contribution in [3.8, 4) is 0 Å². The Morgan fingerprint density at radius 2 is 1.79 bits per heavy atom. The SMILES string of the molecule is CC1CC[C@](C)(C(C)C)[C@@H](Nc2cc(N(C)C)nc(N3CCN(Cc4ccccc4)CC3)n2)C1. The van der Waals surface area contributed by atoms with E-state index in [-0.39, 0.29) is 5.41 Å². The fourth-order valence-electron chi connectivity index (χ4n) is 5.43. The molecule has 0 spiro atoms. The van der Waals surface area contributed by atoms with E-state index in [1.807, 2.05) is 0 Å². The third kappa shape index (κ3) is 5.65. The Balaban J connectivity index is 1.49. The summed E-state index contributed by atoms with van der Waals surface area (Å²) in [6.45, 7) is 14.6. The van der Waals surface area contributed by atoms with Crippen LogP contribution in [-0.4, -0.2) is 61.2 Å². The fraction of sp³-hybridized carbons (Fsp3) is 0.643. The number of nitrogens with one attached hydrogen (secondary N) is 1. The highest BCUT2D eigenvalue weighted by molar-refractivity contribution is 5.54. The molecule has 1 aromatic carbocycles. The Morgan fingerprint density at radius 1 is 1.09 bits per heavy atom. The lowest BCUT2D eigenvalue weighted by Crippen LogP contribution is -2.47. The van der Waals surface area contributed by atoms with E-state index < -0.39 is 0 Å². The molecule has 2 aliphatic rings. The van der Waals surface area contributed by atoms with Gasteiger partial charge in [0.1, 0.15) is 11.6 Å². The van der Waals surface area contributed by atoms with Crippen LogP contribution in [0, 0.1) is 17.3 Å². The van der Waals surface area contributed by atoms with Crippen LogP contribution in [0.1, 0.15) is 52.5 Å². The molecule has 2 fully saturated rings. The highest BCUT2D eigenvalue weighted by Crippen LogP contribution is 2.45. The number of rotatable bonds is 7. The molecule has 2 heterocycles. The summed E-state index contributed by atoms with van der Waals surface area (Å²) in [5.74, 6) is 4.16. The van der Waals surface area contributed by atoms with E-state index in [4.69, 9.17) is 9.97 Å². The molecule has 1 saturated heterocycles. The van der Waals surface area contributed by atoms with E-state index in [2.05, 4.69) is 98.2 Å². The van der Waals surface area contributed by atoms with E-state index in [0.29, 0.717) is 12.0 Å². The molecule has 186 valence electrons. The second kappa shape index (κ2) is 10.5. The minimum absolute atomic E-state index is 0.277. The van der Waals surface area contributed by atoms with Crippen molar-refractivity contribution in [2.45, 2.75) is 59.5 Å². The zero-order chi connectivity index (χ0) is 24.3. The molecule has 4 rings (SSSR count). The second-order valence-corrected chi connectivity index (χ2v) is 11.3. The molecule has 2 aromatic rings. The summed E-state index contributed by atoms with van der Waals surface area (Å²) in [6.07, 6.45) is 3.78. The summed E-state index contributed by atoms with van der Waals surface area (Å²) < 4.78 is 0. The van der Waals surface area contributed by atoms with Crippen LogP contribution in [0.4, 0.5) is 17.6 Å². The Bertz CT molecular complexity index is 922. The third-order valence-electron chi connectivity index (χ3n) is 8.31. The van der Waals surface area contributed by atoms with Crippen molar-refractivity contribution in [2.24, 2.45) is 17.3 Å². The van der Waals surface area contributed by atoms with Crippen LogP contribution < -0.4 is 15.1 Å². The number of hydrogen-bond acceptors (Lipinski definition) is 6. The highest BCUT2D eigenvalue weighted by atomic mass is 15.3. The molecule has 1 aliphatic heterocycles. The lowest BCUT2D eigenvalue weighted by atomic mass is 9.63. The van der Waals surface area contributed by atoms with Gasteiger partial charge < -0.3 is 15.1 Å². The van der Waals surface area contributed by atoms with Gasteiger partial charge in [-0.3, -0.25) is 4.90 Å². The van der Waals surface area contributed by atoms with E-state index >= 15 is 0 Å². The van der Waals surface area contributed by atoms with E-state index in [1.165, 1.54) is 24.8 Å². The summed E-state index contributed by atoms with van der Waals surface area (Å²) in [4.78, 5) is 16.9. The minimum Gasteiger partial charge on any atom is -0.367 e. The first-order chi connectivity index (χ1) is 16.2. The molecular weight excluding hydrogens is 420 g/mol. The maximum Gasteiger partial charge on any atom is 0.229 e. The van der Waals surface area contributed by atoms with Crippen LogP contribution in [0.2, 0.25) is 0 Å². The zero-order valence-corrected chi connectivity index (χ0v) is 22.1. The van der Waals surface area contributed by atoms with Crippen molar-refractivity contribution in [1.82, 2.24) is 14.9 Å². The number of hydrogen-bond donors (Lipinski definition) is 1. The lowest BCUT2D eigenvalue weighted by Gasteiger charge is -2.47. The molecule has 1 N–H and O–H groups in total. The summed E-state index contributed by atoms with van der Waals surface area (Å²) in [5, 5.41) is 3.88. The van der Waals surface area contributed by atoms with Gasteiger partial charge in [0.15, 0.2) is 0 Å². The van der Waals surface area contributed by atoms with Crippen LogP contribution in [0.15, 0.2) is 36.4 Å². The molecule has 34 heavy (non-hydrogen) atoms. The normalized spacial score (nSPS) is 26.0. The van der Waals surface area contributed by atoms with Gasteiger partial charge in [-0.15, -0.1) is 0 Å². The highest BCUT2D eigenvalue weighted by Gasteiger charge is 2.41. The molecule has 6 heteroatoms. The summed E-state index contributed by atoms with van der Waals surface area (Å²) in [6, 6.07) is 13.3. The summed E-state index contributed by atoms with van der Waals surface area (Å²) in [5.41, 5.74) is 1.65. The first-order valence-corrected chi connectivity index (χ1v) is 13.1. The molecule has 1 unspecified atom stereocenters. The van der Waals surface area contributed by atoms with Crippen molar-refractivity contribution >= 4 is 17.6 Å². The van der Waals surface area contributed by atoms with Crippen LogP contribution in [0.25, 0.3) is 0 Å². The monoisotopic (exact) mass is 464 g/mol. The minimum atomic E-state index is 0.277. The zero-order valence-electron chi connectivity index (χ0n) is 22.1. The molecular formula is C28H44N6. The molecule has 0 radical (unpaired) electrons. The second-order valence-electron chi connectivity index (χ2n) is 11.3. The van der Waals surface area contributed by atoms with Crippen molar-refractivity contribution in [3.05, 3.63) is 42.0 Å². The Labute approximate surface area is 206 Å². The maximum absolute atomic E-state index is 5.05. The van der Waals surface area contributed by atoms with Crippen molar-refractivity contribution in [3.63, 3.8) is 0 Å². The Kier molecular flexibility index (Phi) is 7.66. The third-order valence-corrected chi connectivity index (χ3v) is 8.31. The van der Waals surface area contributed by atoms with Crippen molar-refractivity contribution < 1.29 is 0 Å². The smallest absolute Gasteiger partial charge is 0.229 e. The van der Waals surface area contributed by atoms with Crippen molar-refractivity contribution in [1.29, 1.82) is 0 Å². The van der Waals surface area contributed by atoms with Gasteiger partial charge in [-0.2, -0.15) is 9.97 Å². The average molecular weight is 465 g/mol. The lowest BCUT2D eigenvalue weighted by molar-refractivity contribution is 0.0983. The van der Waals surface area contributed by atoms with Gasteiger partial charge in [-0.05, 0) is 35.7 Å². The molecule has 6 nitrogen and oxygen atoms in total. The summed E-state index contributed by atoms with van der Waals surface area (Å²) >= 11 is 0. The maximum atomic E-state index is 5.05. The quantitative estimate of drug-likeness (QED) is 0.613. The molecule has 0 amide bonds. The fourth-order valence-corrected chi connectivity index (χ4v) is 5.43. The van der Waals surface area contributed by atoms with E-state index in [0.717, 1.165) is 56.2 Å². The van der Waals surface area contributed by atoms with Gasteiger partial charge in [-0.1, -0.05) is 64.4 Å². The van der Waals surface area contributed by atoms with E-state index in [9.17, 15) is 0 Å². The van der Waals surface area contributed by atoms with Gasteiger partial charge in [0, 0.05) is 58.9 Å². The van der Waals surface area contributed by atoms with Crippen LogP contribution in [0.3, 0.4) is 0 Å². The first kappa shape index (κ1) is 24.8. The van der Waals surface area contributed by atoms with Gasteiger partial charge in [0.25, 0.3) is 0 Å². The summed E-state index contributed by atoms with van der Waals surface area (Å²) in [7, 11) is 4.13. The molecule has 3 atom stereocenters. The topological polar surface area (TPSA) is 47.5 Å². The predicted molar refractivity (Wildman–Crippen MR) is 144 cm³/mol.